The largest absolute Gasteiger partial charge is 0.467 e. The van der Waals surface area contributed by atoms with Crippen LogP contribution < -0.4 is 16.0 Å². The van der Waals surface area contributed by atoms with Crippen molar-refractivity contribution in [1.29, 1.82) is 0 Å². The van der Waals surface area contributed by atoms with E-state index in [1.807, 2.05) is 58.0 Å². The van der Waals surface area contributed by atoms with Crippen LogP contribution in [0.5, 0.6) is 0 Å². The summed E-state index contributed by atoms with van der Waals surface area (Å²) in [7, 11) is 5.96. The minimum Gasteiger partial charge on any atom is -0.467 e. The van der Waals surface area contributed by atoms with E-state index in [2.05, 4.69) is 16.0 Å². The van der Waals surface area contributed by atoms with Gasteiger partial charge in [0.2, 0.25) is 29.5 Å². The molecule has 0 spiro atoms. The van der Waals surface area contributed by atoms with Crippen molar-refractivity contribution in [2.45, 2.75) is 123 Å². The quantitative estimate of drug-likeness (QED) is 0.0482. The Morgan fingerprint density at radius 2 is 1.28 bits per heavy atom. The van der Waals surface area contributed by atoms with Crippen LogP contribution in [0.15, 0.2) is 42.5 Å². The lowest BCUT2D eigenvalue weighted by atomic mass is 9.88. The molecule has 1 saturated heterocycles. The molecule has 3 N–H and O–H groups in total. The maximum absolute atomic E-state index is 14.5. The predicted octanol–water partition coefficient (Wildman–Crippen LogP) is 2.51. The van der Waals surface area contributed by atoms with Crippen LogP contribution in [0, 0.1) is 23.2 Å². The number of esters is 1. The Bertz CT molecular complexity index is 2110. The van der Waals surface area contributed by atoms with Crippen molar-refractivity contribution >= 4 is 47.3 Å². The lowest BCUT2D eigenvalue weighted by molar-refractivity contribution is -0.149. The molecule has 0 aliphatic carbocycles. The van der Waals surface area contributed by atoms with Gasteiger partial charge in [-0.2, -0.15) is 0 Å². The fourth-order valence-electron chi connectivity index (χ4n) is 9.53. The van der Waals surface area contributed by atoms with Gasteiger partial charge in [0, 0.05) is 59.4 Å². The van der Waals surface area contributed by atoms with E-state index in [1.54, 1.807) is 37.6 Å². The number of rotatable bonds is 42. The van der Waals surface area contributed by atoms with Gasteiger partial charge >= 0.3 is 5.97 Å². The molecular formula is C58H94N6O17. The lowest BCUT2D eigenvalue weighted by Gasteiger charge is -2.41. The first-order chi connectivity index (χ1) is 38.7. The van der Waals surface area contributed by atoms with Gasteiger partial charge in [0.15, 0.2) is 0 Å². The Hall–Kier alpha value is -5.40. The monoisotopic (exact) mass is 1150 g/mol. The van der Waals surface area contributed by atoms with E-state index in [9.17, 15) is 38.4 Å². The Kier molecular flexibility index (Phi) is 32.5. The highest BCUT2D eigenvalue weighted by Crippen LogP contribution is 2.30. The van der Waals surface area contributed by atoms with Gasteiger partial charge in [-0.25, -0.2) is 4.79 Å². The fraction of sp³-hybridized carbons (Fsp3) is 0.724. The van der Waals surface area contributed by atoms with Crippen LogP contribution in [0.1, 0.15) is 86.1 Å². The third-order valence-corrected chi connectivity index (χ3v) is 14.6. The van der Waals surface area contributed by atoms with Crippen molar-refractivity contribution in [1.82, 2.24) is 30.7 Å². The summed E-state index contributed by atoms with van der Waals surface area (Å²) in [6.45, 7) is 17.4. The highest BCUT2D eigenvalue weighted by molar-refractivity contribution is 6.12. The van der Waals surface area contributed by atoms with Crippen LogP contribution in [-0.4, -0.2) is 226 Å². The van der Waals surface area contributed by atoms with E-state index in [0.29, 0.717) is 85.3 Å². The second kappa shape index (κ2) is 37.7. The summed E-state index contributed by atoms with van der Waals surface area (Å²) >= 11 is 0. The maximum atomic E-state index is 14.5. The summed E-state index contributed by atoms with van der Waals surface area (Å²) in [4.78, 5) is 110. The van der Waals surface area contributed by atoms with E-state index < -0.39 is 65.5 Å². The number of nitrogens with zero attached hydrogens (tertiary/aromatic N) is 3. The molecule has 0 unspecified atom stereocenters. The van der Waals surface area contributed by atoms with Crippen LogP contribution >= 0.6 is 0 Å². The third-order valence-electron chi connectivity index (χ3n) is 14.6. The van der Waals surface area contributed by atoms with Crippen LogP contribution in [0.25, 0.3) is 0 Å². The highest BCUT2D eigenvalue weighted by Gasteiger charge is 2.44. The molecular weight excluding hydrogens is 1050 g/mol. The van der Waals surface area contributed by atoms with Gasteiger partial charge in [-0.05, 0) is 44.1 Å². The fourth-order valence-corrected chi connectivity index (χ4v) is 9.53. The summed E-state index contributed by atoms with van der Waals surface area (Å²) in [6.07, 6.45) is 3.22. The predicted molar refractivity (Wildman–Crippen MR) is 299 cm³/mol. The first kappa shape index (κ1) is 69.9. The number of likely N-dealkylation sites (tertiary alicyclic amines) is 1. The Morgan fingerprint density at radius 1 is 0.741 bits per heavy atom. The molecule has 0 bridgehead atoms. The second-order valence-electron chi connectivity index (χ2n) is 21.3. The lowest BCUT2D eigenvalue weighted by Crippen LogP contribution is -2.59. The molecule has 458 valence electrons. The number of hydrogen-bond acceptors (Lipinski definition) is 17. The first-order valence-electron chi connectivity index (χ1n) is 28.3. The summed E-state index contributed by atoms with van der Waals surface area (Å²) < 4.78 is 49.9. The standard InChI is InChI=1S/C58H94N6O17/c1-12-41(4)52(46(73-9)38-50(68)63-23-16-19-45(63)53(74-10)42(5)54(69)60-44(56(71)75-11)37-43-17-14-13-15-18-43)62(8)55(70)51(40(2)3)61-57(72)58(6,7)39-59-47(65)22-25-76-27-29-78-31-33-80-35-36-81-34-32-79-30-28-77-26-24-64-48(66)20-21-49(64)67/h13-15,17-18,20-21,40-42,44-46,51-53H,12,16,19,22-39H2,1-11H3,(H,59,65)(H,60,69)(H,61,72)/t41-,42+,44-,45-,46+,51-,52-,53+/m0/s1. The number of methoxy groups -OCH3 is 3. The Morgan fingerprint density at radius 3 is 1.79 bits per heavy atom. The van der Waals surface area contributed by atoms with Crippen LogP contribution in [0.4, 0.5) is 0 Å². The summed E-state index contributed by atoms with van der Waals surface area (Å²) in [5.41, 5.74) is -0.241. The Labute approximate surface area is 479 Å². The molecule has 23 nitrogen and oxygen atoms in total. The van der Waals surface area contributed by atoms with Gasteiger partial charge in [0.1, 0.15) is 12.1 Å². The smallest absolute Gasteiger partial charge is 0.328 e. The van der Waals surface area contributed by atoms with Crippen molar-refractivity contribution < 1.29 is 81.0 Å². The number of carbonyl (C=O) groups excluding carboxylic acids is 8. The van der Waals surface area contributed by atoms with Gasteiger partial charge in [-0.15, -0.1) is 0 Å². The zero-order valence-electron chi connectivity index (χ0n) is 49.9. The van der Waals surface area contributed by atoms with Crippen molar-refractivity contribution in [3.05, 3.63) is 48.0 Å². The summed E-state index contributed by atoms with van der Waals surface area (Å²) in [5, 5.41) is 8.63. The van der Waals surface area contributed by atoms with E-state index in [4.69, 9.17) is 42.6 Å². The van der Waals surface area contributed by atoms with Crippen LogP contribution in [-0.2, 0) is 87.4 Å². The SMILES string of the molecule is CC[C@H](C)[C@@H]([C@@H](CC(=O)N1CCC[C@H]1[C@H](OC)[C@@H](C)C(=O)N[C@@H](Cc1ccccc1)C(=O)OC)OC)N(C)C(=O)[C@@H](NC(=O)C(C)(C)CNC(=O)CCOCCOCCOCCOCCOCCOCCN1C(=O)C=CC1=O)C(C)C. The van der Waals surface area contributed by atoms with Gasteiger partial charge < -0.3 is 68.4 Å². The van der Waals surface area contributed by atoms with Gasteiger partial charge in [0.05, 0.1) is 135 Å². The molecule has 7 amide bonds. The highest BCUT2D eigenvalue weighted by atomic mass is 16.6. The van der Waals surface area contributed by atoms with E-state index in [1.165, 1.54) is 33.5 Å². The number of imide groups is 1. The molecule has 2 heterocycles. The topological polar surface area (TPSA) is 265 Å². The molecule has 2 aliphatic heterocycles. The first-order valence-corrected chi connectivity index (χ1v) is 28.3. The number of hydrogen-bond donors (Lipinski definition) is 3. The summed E-state index contributed by atoms with van der Waals surface area (Å²) in [5.74, 6) is -4.14. The van der Waals surface area contributed by atoms with Crippen molar-refractivity contribution in [3.63, 3.8) is 0 Å². The maximum Gasteiger partial charge on any atom is 0.328 e. The minimum absolute atomic E-state index is 0.00899. The molecule has 0 aromatic heterocycles. The van der Waals surface area contributed by atoms with E-state index in [-0.39, 0.29) is 93.5 Å². The number of amides is 7. The molecule has 81 heavy (non-hydrogen) atoms. The number of benzene rings is 1. The van der Waals surface area contributed by atoms with Gasteiger partial charge in [-0.1, -0.05) is 71.4 Å². The zero-order valence-corrected chi connectivity index (χ0v) is 49.9. The van der Waals surface area contributed by atoms with Crippen molar-refractivity contribution in [2.24, 2.45) is 23.2 Å². The number of likely N-dealkylation sites (N-methyl/N-ethyl adjacent to an activating group) is 1. The average Bonchev–Trinajstić information content (AvgIpc) is 4.08. The number of carbonyl (C=O) groups is 8. The molecule has 2 aliphatic rings. The second-order valence-corrected chi connectivity index (χ2v) is 21.3. The van der Waals surface area contributed by atoms with Crippen molar-refractivity contribution in [2.75, 3.05) is 127 Å². The van der Waals surface area contributed by atoms with Crippen molar-refractivity contribution in [3.8, 4) is 0 Å². The van der Waals surface area contributed by atoms with E-state index >= 15 is 0 Å². The van der Waals surface area contributed by atoms with Crippen LogP contribution in [0.3, 0.4) is 0 Å². The van der Waals surface area contributed by atoms with Crippen LogP contribution in [0.2, 0.25) is 0 Å². The Balaban J connectivity index is 1.39. The molecule has 8 atom stereocenters. The van der Waals surface area contributed by atoms with Gasteiger partial charge in [-0.3, -0.25) is 38.5 Å². The molecule has 0 radical (unpaired) electrons. The zero-order chi connectivity index (χ0) is 59.9. The molecule has 0 saturated carbocycles. The summed E-state index contributed by atoms with van der Waals surface area (Å²) in [6, 6.07) is 6.43. The van der Waals surface area contributed by atoms with Gasteiger partial charge in [0.25, 0.3) is 11.8 Å². The number of nitrogens with one attached hydrogen (secondary N) is 3. The molecule has 1 aromatic rings. The minimum atomic E-state index is -1.09. The average molecular weight is 1150 g/mol. The molecule has 1 fully saturated rings. The molecule has 3 rings (SSSR count). The number of ether oxygens (including phenoxy) is 9. The normalized spacial score (nSPS) is 17.1. The molecule has 1 aromatic carbocycles. The van der Waals surface area contributed by atoms with E-state index in [0.717, 1.165) is 10.5 Å². The molecule has 23 heteroatoms. The third kappa shape index (κ3) is 23.8.